The normalized spacial score (nSPS) is 46.5. The van der Waals surface area contributed by atoms with Crippen molar-refractivity contribution in [2.24, 2.45) is 9.98 Å². The summed E-state index contributed by atoms with van der Waals surface area (Å²) >= 11 is 0. The molecule has 0 N–H and O–H groups in total. The summed E-state index contributed by atoms with van der Waals surface area (Å²) in [5.74, 6) is 0. The molecule has 2 heterocycles. The molecule has 0 amide bonds. The highest BCUT2D eigenvalue weighted by Crippen LogP contribution is 2.50. The fourth-order valence-corrected chi connectivity index (χ4v) is 2.10. The molecule has 0 bridgehead atoms. The van der Waals surface area contributed by atoms with Crippen LogP contribution in [0, 0.1) is 0 Å². The number of aliphatic imine (C=N–C) groups is 2. The monoisotopic (exact) mass is 150 g/mol. The van der Waals surface area contributed by atoms with Crippen LogP contribution < -0.4 is 0 Å². The molecule has 11 heavy (non-hydrogen) atoms. The van der Waals surface area contributed by atoms with Gasteiger partial charge in [-0.15, -0.1) is 0 Å². The summed E-state index contributed by atoms with van der Waals surface area (Å²) in [5.41, 5.74) is 2.73. The highest BCUT2D eigenvalue weighted by molar-refractivity contribution is 6.17. The second kappa shape index (κ2) is 1.57. The van der Waals surface area contributed by atoms with Crippen molar-refractivity contribution in [1.82, 2.24) is 0 Å². The zero-order valence-electron chi connectivity index (χ0n) is 7.60. The number of nitrogens with zero attached hydrogens (tertiary/aromatic N) is 2. The summed E-state index contributed by atoms with van der Waals surface area (Å²) in [4.78, 5) is 8.94. The second-order valence-electron chi connectivity index (χ2n) is 3.68. The molecule has 0 aromatic heterocycles. The maximum atomic E-state index is 4.49. The molecule has 0 aliphatic carbocycles. The lowest BCUT2D eigenvalue weighted by Gasteiger charge is -2.19. The van der Waals surface area contributed by atoms with E-state index in [1.165, 1.54) is 11.4 Å². The average molecular weight is 150 g/mol. The van der Waals surface area contributed by atoms with Crippen LogP contribution in [0.25, 0.3) is 0 Å². The number of rotatable bonds is 2. The van der Waals surface area contributed by atoms with Gasteiger partial charge in [0.1, 0.15) is 11.1 Å². The summed E-state index contributed by atoms with van der Waals surface area (Å²) in [6.45, 7) is 8.58. The van der Waals surface area contributed by atoms with E-state index < -0.39 is 0 Å². The Morgan fingerprint density at radius 2 is 1.64 bits per heavy atom. The quantitative estimate of drug-likeness (QED) is 0.574. The van der Waals surface area contributed by atoms with Crippen LogP contribution in [0.15, 0.2) is 9.98 Å². The van der Waals surface area contributed by atoms with Crippen LogP contribution in [0.3, 0.4) is 0 Å². The topological polar surface area (TPSA) is 24.7 Å². The highest BCUT2D eigenvalue weighted by atomic mass is 15.2. The van der Waals surface area contributed by atoms with Gasteiger partial charge in [-0.05, 0) is 27.2 Å². The maximum absolute atomic E-state index is 4.49. The van der Waals surface area contributed by atoms with Gasteiger partial charge in [0.25, 0.3) is 0 Å². The molecular formula is C9H14N2. The SMILES string of the molecule is CC[C@]1([C@]2(C)N=C2C)N=C1C. The van der Waals surface area contributed by atoms with Crippen LogP contribution in [0.5, 0.6) is 0 Å². The van der Waals surface area contributed by atoms with E-state index in [-0.39, 0.29) is 11.1 Å². The van der Waals surface area contributed by atoms with Crippen LogP contribution in [-0.2, 0) is 0 Å². The molecule has 2 nitrogen and oxygen atoms in total. The van der Waals surface area contributed by atoms with E-state index in [2.05, 4.69) is 37.7 Å². The Hall–Kier alpha value is -0.660. The molecule has 0 saturated heterocycles. The Labute approximate surface area is 67.4 Å². The van der Waals surface area contributed by atoms with Crippen molar-refractivity contribution in [3.05, 3.63) is 0 Å². The third-order valence-electron chi connectivity index (χ3n) is 3.27. The third kappa shape index (κ3) is 0.585. The smallest absolute Gasteiger partial charge is 0.128 e. The van der Waals surface area contributed by atoms with Crippen molar-refractivity contribution < 1.29 is 0 Å². The summed E-state index contributed by atoms with van der Waals surface area (Å²) in [7, 11) is 0. The molecule has 2 atom stereocenters. The van der Waals surface area contributed by atoms with Crippen molar-refractivity contribution in [1.29, 1.82) is 0 Å². The lowest BCUT2D eigenvalue weighted by atomic mass is 9.82. The molecule has 0 aromatic rings. The minimum atomic E-state index is 0.0752. The molecule has 2 aliphatic rings. The van der Waals surface area contributed by atoms with Gasteiger partial charge in [-0.1, -0.05) is 6.92 Å². The van der Waals surface area contributed by atoms with E-state index in [1.807, 2.05) is 0 Å². The maximum Gasteiger partial charge on any atom is 0.128 e. The van der Waals surface area contributed by atoms with Gasteiger partial charge in [-0.2, -0.15) is 0 Å². The van der Waals surface area contributed by atoms with Gasteiger partial charge in [0, 0.05) is 11.4 Å². The van der Waals surface area contributed by atoms with E-state index in [0.29, 0.717) is 0 Å². The first kappa shape index (κ1) is 7.01. The molecule has 0 fully saturated rings. The zero-order chi connectivity index (χ0) is 8.28. The molecular weight excluding hydrogens is 136 g/mol. The molecule has 0 unspecified atom stereocenters. The van der Waals surface area contributed by atoms with Crippen molar-refractivity contribution in [2.45, 2.75) is 45.2 Å². The lowest BCUT2D eigenvalue weighted by molar-refractivity contribution is 0.513. The minimum absolute atomic E-state index is 0.0752. The fraction of sp³-hybridized carbons (Fsp3) is 0.778. The number of hydrogen-bond donors (Lipinski definition) is 0. The first-order valence-corrected chi connectivity index (χ1v) is 4.21. The van der Waals surface area contributed by atoms with Gasteiger partial charge in [0.05, 0.1) is 0 Å². The predicted molar refractivity (Wildman–Crippen MR) is 47.6 cm³/mol. The first-order chi connectivity index (χ1) is 5.07. The fourth-order valence-electron chi connectivity index (χ4n) is 2.10. The van der Waals surface area contributed by atoms with Crippen molar-refractivity contribution in [2.75, 3.05) is 0 Å². The van der Waals surface area contributed by atoms with E-state index in [0.717, 1.165) is 6.42 Å². The largest absolute Gasteiger partial charge is 0.276 e. The zero-order valence-corrected chi connectivity index (χ0v) is 7.60. The van der Waals surface area contributed by atoms with Crippen molar-refractivity contribution in [3.63, 3.8) is 0 Å². The summed E-state index contributed by atoms with van der Waals surface area (Å²) in [6.07, 6.45) is 1.09. The van der Waals surface area contributed by atoms with Crippen molar-refractivity contribution >= 4 is 11.4 Å². The van der Waals surface area contributed by atoms with Crippen LogP contribution in [-0.4, -0.2) is 22.5 Å². The van der Waals surface area contributed by atoms with E-state index in [9.17, 15) is 0 Å². The molecule has 0 saturated carbocycles. The molecule has 2 rings (SSSR count). The molecule has 0 spiro atoms. The van der Waals surface area contributed by atoms with Crippen LogP contribution >= 0.6 is 0 Å². The molecule has 0 radical (unpaired) electrons. The first-order valence-electron chi connectivity index (χ1n) is 4.21. The third-order valence-corrected chi connectivity index (χ3v) is 3.27. The lowest BCUT2D eigenvalue weighted by Crippen LogP contribution is -2.38. The molecule has 2 aliphatic heterocycles. The van der Waals surface area contributed by atoms with Gasteiger partial charge in [0.15, 0.2) is 0 Å². The Balaban J connectivity index is 2.18. The van der Waals surface area contributed by atoms with E-state index in [4.69, 9.17) is 0 Å². The average Bonchev–Trinajstić information content (AvgIpc) is 2.76. The number of hydrogen-bond acceptors (Lipinski definition) is 2. The van der Waals surface area contributed by atoms with Crippen molar-refractivity contribution in [3.8, 4) is 0 Å². The van der Waals surface area contributed by atoms with Gasteiger partial charge in [-0.3, -0.25) is 9.98 Å². The van der Waals surface area contributed by atoms with Gasteiger partial charge in [-0.25, -0.2) is 0 Å². The Bertz CT molecular complexity index is 277. The Kier molecular flexibility index (Phi) is 1.00. The van der Waals surface area contributed by atoms with Gasteiger partial charge < -0.3 is 0 Å². The molecule has 60 valence electrons. The standard InChI is InChI=1S/C9H14N2/c1-5-9(7(3)11-9)8(4)6(2)10-8/h5H2,1-4H3/t8-,9+/m1/s1. The minimum Gasteiger partial charge on any atom is -0.276 e. The Morgan fingerprint density at radius 1 is 1.18 bits per heavy atom. The molecule has 2 heteroatoms. The van der Waals surface area contributed by atoms with E-state index in [1.54, 1.807) is 0 Å². The van der Waals surface area contributed by atoms with Gasteiger partial charge in [0.2, 0.25) is 0 Å². The van der Waals surface area contributed by atoms with Crippen LogP contribution in [0.1, 0.15) is 34.1 Å². The summed E-state index contributed by atoms with van der Waals surface area (Å²) < 4.78 is 0. The predicted octanol–water partition coefficient (Wildman–Crippen LogP) is 1.84. The Morgan fingerprint density at radius 3 is 1.73 bits per heavy atom. The van der Waals surface area contributed by atoms with Crippen LogP contribution in [0.4, 0.5) is 0 Å². The summed E-state index contributed by atoms with van der Waals surface area (Å²) in [6, 6.07) is 0. The van der Waals surface area contributed by atoms with Crippen LogP contribution in [0.2, 0.25) is 0 Å². The highest BCUT2D eigenvalue weighted by Gasteiger charge is 2.64. The second-order valence-corrected chi connectivity index (χ2v) is 3.68. The summed E-state index contributed by atoms with van der Waals surface area (Å²) in [5, 5.41) is 0. The van der Waals surface area contributed by atoms with Gasteiger partial charge >= 0.3 is 0 Å². The van der Waals surface area contributed by atoms with E-state index >= 15 is 0 Å². The molecule has 0 aromatic carbocycles.